The van der Waals surface area contributed by atoms with E-state index in [1.54, 1.807) is 0 Å². The molecule has 0 unspecified atom stereocenters. The lowest BCUT2D eigenvalue weighted by molar-refractivity contribution is 0.350. The maximum Gasteiger partial charge on any atom is 0.0281 e. The number of halogens is 1. The van der Waals surface area contributed by atoms with Crippen LogP contribution in [0.15, 0.2) is 11.1 Å². The van der Waals surface area contributed by atoms with E-state index in [2.05, 4.69) is 34.1 Å². The maximum absolute atomic E-state index is 3.79. The van der Waals surface area contributed by atoms with Crippen molar-refractivity contribution in [1.82, 2.24) is 5.32 Å². The van der Waals surface area contributed by atoms with E-state index in [9.17, 15) is 0 Å². The molecular formula is C9H16BrNS. The Bertz CT molecular complexity index is 160. The summed E-state index contributed by atoms with van der Waals surface area (Å²) in [6, 6.07) is 0. The minimum atomic E-state index is 0.544. The van der Waals surface area contributed by atoms with Crippen molar-refractivity contribution in [3.8, 4) is 0 Å². The summed E-state index contributed by atoms with van der Waals surface area (Å²) in [5, 5.41) is 3.41. The smallest absolute Gasteiger partial charge is 0.0281 e. The van der Waals surface area contributed by atoms with Gasteiger partial charge in [-0.2, -0.15) is 11.8 Å². The minimum Gasteiger partial charge on any atom is -0.311 e. The van der Waals surface area contributed by atoms with E-state index in [1.807, 2.05) is 11.8 Å². The van der Waals surface area contributed by atoms with Crippen LogP contribution in [0.1, 0.15) is 19.3 Å². The minimum absolute atomic E-state index is 0.544. The van der Waals surface area contributed by atoms with Gasteiger partial charge in [0.15, 0.2) is 0 Å². The Hall–Kier alpha value is 0.530. The third kappa shape index (κ3) is 2.79. The van der Waals surface area contributed by atoms with E-state index in [4.69, 9.17) is 0 Å². The summed E-state index contributed by atoms with van der Waals surface area (Å²) in [7, 11) is 0. The standard InChI is InChI=1S/C9H16BrNS/c1-8(10)6-11-7-9(12-2)4-3-5-9/h11H,1,3-7H2,2H3. The molecule has 0 radical (unpaired) electrons. The number of nitrogens with one attached hydrogen (secondary N) is 1. The molecule has 1 aliphatic carbocycles. The quantitative estimate of drug-likeness (QED) is 0.805. The highest BCUT2D eigenvalue weighted by molar-refractivity contribution is 9.11. The van der Waals surface area contributed by atoms with Gasteiger partial charge in [-0.05, 0) is 19.1 Å². The van der Waals surface area contributed by atoms with Crippen molar-refractivity contribution in [3.05, 3.63) is 11.1 Å². The van der Waals surface area contributed by atoms with E-state index in [0.29, 0.717) is 4.75 Å². The molecule has 0 heterocycles. The molecule has 0 bridgehead atoms. The van der Waals surface area contributed by atoms with Crippen LogP contribution >= 0.6 is 27.7 Å². The molecule has 0 saturated heterocycles. The Morgan fingerprint density at radius 3 is 2.67 bits per heavy atom. The molecule has 12 heavy (non-hydrogen) atoms. The van der Waals surface area contributed by atoms with Crippen molar-refractivity contribution in [2.75, 3.05) is 19.3 Å². The third-order valence-electron chi connectivity index (χ3n) is 2.46. The van der Waals surface area contributed by atoms with Crippen molar-refractivity contribution >= 4 is 27.7 Å². The summed E-state index contributed by atoms with van der Waals surface area (Å²) >= 11 is 5.34. The zero-order valence-corrected chi connectivity index (χ0v) is 9.93. The van der Waals surface area contributed by atoms with Gasteiger partial charge in [-0.15, -0.1) is 0 Å². The van der Waals surface area contributed by atoms with Gasteiger partial charge in [-0.3, -0.25) is 0 Å². The van der Waals surface area contributed by atoms with Crippen molar-refractivity contribution in [2.45, 2.75) is 24.0 Å². The Morgan fingerprint density at radius 2 is 2.33 bits per heavy atom. The lowest BCUT2D eigenvalue weighted by Crippen LogP contribution is -2.43. The summed E-state index contributed by atoms with van der Waals surface area (Å²) in [6.45, 7) is 5.81. The van der Waals surface area contributed by atoms with Gasteiger partial charge < -0.3 is 5.32 Å². The van der Waals surface area contributed by atoms with E-state index in [0.717, 1.165) is 17.6 Å². The average molecular weight is 250 g/mol. The lowest BCUT2D eigenvalue weighted by atomic mass is 9.84. The largest absolute Gasteiger partial charge is 0.311 e. The van der Waals surface area contributed by atoms with Gasteiger partial charge in [0, 0.05) is 22.3 Å². The van der Waals surface area contributed by atoms with Crippen LogP contribution in [0, 0.1) is 0 Å². The molecule has 3 heteroatoms. The van der Waals surface area contributed by atoms with Gasteiger partial charge in [-0.25, -0.2) is 0 Å². The fourth-order valence-electron chi connectivity index (χ4n) is 1.45. The van der Waals surface area contributed by atoms with E-state index < -0.39 is 0 Å². The van der Waals surface area contributed by atoms with Gasteiger partial charge in [0.05, 0.1) is 0 Å². The summed E-state index contributed by atoms with van der Waals surface area (Å²) in [6.07, 6.45) is 6.35. The SMILES string of the molecule is C=C(Br)CNCC1(SC)CCC1. The highest BCUT2D eigenvalue weighted by Crippen LogP contribution is 2.42. The molecule has 1 N–H and O–H groups in total. The molecule has 1 rings (SSSR count). The molecule has 0 aromatic carbocycles. The van der Waals surface area contributed by atoms with Gasteiger partial charge in [0.25, 0.3) is 0 Å². The fourth-order valence-corrected chi connectivity index (χ4v) is 2.59. The number of rotatable bonds is 5. The van der Waals surface area contributed by atoms with Crippen LogP contribution in [0.2, 0.25) is 0 Å². The molecule has 70 valence electrons. The van der Waals surface area contributed by atoms with Gasteiger partial charge in [0.1, 0.15) is 0 Å². The second-order valence-corrected chi connectivity index (χ2v) is 5.76. The zero-order valence-electron chi connectivity index (χ0n) is 7.53. The second-order valence-electron chi connectivity index (χ2n) is 3.36. The van der Waals surface area contributed by atoms with Crippen LogP contribution in [-0.2, 0) is 0 Å². The predicted molar refractivity (Wildman–Crippen MR) is 61.0 cm³/mol. The van der Waals surface area contributed by atoms with Crippen LogP contribution in [0.5, 0.6) is 0 Å². The summed E-state index contributed by atoms with van der Waals surface area (Å²) in [5.41, 5.74) is 0. The monoisotopic (exact) mass is 249 g/mol. The average Bonchev–Trinajstić information content (AvgIpc) is 1.94. The van der Waals surface area contributed by atoms with E-state index >= 15 is 0 Å². The van der Waals surface area contributed by atoms with Crippen LogP contribution in [-0.4, -0.2) is 24.1 Å². The normalized spacial score (nSPS) is 20.2. The number of hydrogen-bond acceptors (Lipinski definition) is 2. The van der Waals surface area contributed by atoms with Crippen molar-refractivity contribution in [2.24, 2.45) is 0 Å². The first kappa shape index (κ1) is 10.6. The molecule has 0 aliphatic heterocycles. The summed E-state index contributed by atoms with van der Waals surface area (Å²) < 4.78 is 1.58. The zero-order chi connectivity index (χ0) is 9.03. The maximum atomic E-state index is 3.79. The molecule has 1 aliphatic rings. The Balaban J connectivity index is 2.16. The first-order valence-corrected chi connectivity index (χ1v) is 6.29. The van der Waals surface area contributed by atoms with Gasteiger partial charge >= 0.3 is 0 Å². The number of thioether (sulfide) groups is 1. The second kappa shape index (κ2) is 4.68. The van der Waals surface area contributed by atoms with Crippen LogP contribution < -0.4 is 5.32 Å². The molecular weight excluding hydrogens is 234 g/mol. The molecule has 1 fully saturated rings. The first-order valence-electron chi connectivity index (χ1n) is 4.28. The highest BCUT2D eigenvalue weighted by atomic mass is 79.9. The molecule has 1 saturated carbocycles. The van der Waals surface area contributed by atoms with Crippen molar-refractivity contribution in [1.29, 1.82) is 0 Å². The summed E-state index contributed by atoms with van der Waals surface area (Å²) in [5.74, 6) is 0. The summed E-state index contributed by atoms with van der Waals surface area (Å²) in [4.78, 5) is 0. The first-order chi connectivity index (χ1) is 5.68. The molecule has 1 nitrogen and oxygen atoms in total. The van der Waals surface area contributed by atoms with Gasteiger partial charge in [0.2, 0.25) is 0 Å². The van der Waals surface area contributed by atoms with Gasteiger partial charge in [-0.1, -0.05) is 28.9 Å². The Kier molecular flexibility index (Phi) is 4.14. The third-order valence-corrected chi connectivity index (χ3v) is 4.16. The van der Waals surface area contributed by atoms with Crippen LogP contribution in [0.4, 0.5) is 0 Å². The topological polar surface area (TPSA) is 12.0 Å². The fraction of sp³-hybridized carbons (Fsp3) is 0.778. The highest BCUT2D eigenvalue weighted by Gasteiger charge is 2.35. The Labute approximate surface area is 87.5 Å². The van der Waals surface area contributed by atoms with Crippen LogP contribution in [0.3, 0.4) is 0 Å². The van der Waals surface area contributed by atoms with Crippen LogP contribution in [0.25, 0.3) is 0 Å². The molecule has 0 spiro atoms. The molecule has 0 amide bonds. The van der Waals surface area contributed by atoms with E-state index in [1.165, 1.54) is 19.3 Å². The molecule has 0 aromatic heterocycles. The molecule has 0 atom stereocenters. The predicted octanol–water partition coefficient (Wildman–Crippen LogP) is 2.77. The number of hydrogen-bond donors (Lipinski definition) is 1. The van der Waals surface area contributed by atoms with Crippen molar-refractivity contribution < 1.29 is 0 Å². The molecule has 0 aromatic rings. The van der Waals surface area contributed by atoms with E-state index in [-0.39, 0.29) is 0 Å². The Morgan fingerprint density at radius 1 is 1.67 bits per heavy atom. The lowest BCUT2D eigenvalue weighted by Gasteiger charge is -2.40. The van der Waals surface area contributed by atoms with Crippen molar-refractivity contribution in [3.63, 3.8) is 0 Å².